The minimum atomic E-state index is -0.0625. The average molecular weight is 935 g/mol. The second-order valence-corrected chi connectivity index (χ2v) is 16.2. The number of hydrogen-bond donors (Lipinski definition) is 0. The molecular formula is C53H46IrN2O2. The number of carbonyl (C=O) groups is 2. The van der Waals surface area contributed by atoms with E-state index in [9.17, 15) is 9.59 Å². The fourth-order valence-electron chi connectivity index (χ4n) is 8.53. The van der Waals surface area contributed by atoms with E-state index in [0.717, 1.165) is 22.4 Å². The quantitative estimate of drug-likeness (QED) is 0.165. The Morgan fingerprint density at radius 1 is 0.431 bits per heavy atom. The van der Waals surface area contributed by atoms with E-state index >= 15 is 0 Å². The second-order valence-electron chi connectivity index (χ2n) is 16.2. The van der Waals surface area contributed by atoms with E-state index < -0.39 is 0 Å². The third kappa shape index (κ3) is 7.61. The summed E-state index contributed by atoms with van der Waals surface area (Å²) in [7, 11) is 0. The molecule has 0 saturated heterocycles. The van der Waals surface area contributed by atoms with Gasteiger partial charge in [-0.1, -0.05) is 149 Å². The van der Waals surface area contributed by atoms with Crippen molar-refractivity contribution in [3.63, 3.8) is 0 Å². The van der Waals surface area contributed by atoms with Crippen LogP contribution in [0.3, 0.4) is 0 Å². The van der Waals surface area contributed by atoms with Crippen LogP contribution < -0.4 is 0 Å². The number of hydrogen-bond acceptors (Lipinski definition) is 4. The van der Waals surface area contributed by atoms with Crippen LogP contribution in [-0.2, 0) is 40.5 Å². The van der Waals surface area contributed by atoms with Crippen molar-refractivity contribution in [3.8, 4) is 44.8 Å². The van der Waals surface area contributed by atoms with Crippen LogP contribution in [0, 0.1) is 0 Å². The zero-order valence-corrected chi connectivity index (χ0v) is 36.2. The van der Waals surface area contributed by atoms with Crippen LogP contribution in [0.4, 0.5) is 0 Å². The van der Waals surface area contributed by atoms with Gasteiger partial charge in [-0.3, -0.25) is 9.59 Å². The number of para-hydroxylation sites is 2. The molecule has 2 aliphatic carbocycles. The normalized spacial score (nSPS) is 13.3. The Balaban J connectivity index is 0.000000150. The van der Waals surface area contributed by atoms with E-state index in [4.69, 9.17) is 9.97 Å². The van der Waals surface area contributed by atoms with Crippen LogP contribution in [0.25, 0.3) is 66.6 Å². The Morgan fingerprint density at radius 2 is 0.793 bits per heavy atom. The number of aromatic nitrogens is 2. The molecule has 10 rings (SSSR count). The van der Waals surface area contributed by atoms with Crippen LogP contribution in [0.5, 0.6) is 0 Å². The predicted octanol–water partition coefficient (Wildman–Crippen LogP) is 13.0. The van der Waals surface area contributed by atoms with Gasteiger partial charge in [-0.05, 0) is 94.8 Å². The van der Waals surface area contributed by atoms with Gasteiger partial charge >= 0.3 is 0 Å². The monoisotopic (exact) mass is 935 g/mol. The first-order chi connectivity index (χ1) is 27.4. The topological polar surface area (TPSA) is 59.9 Å². The molecule has 6 aromatic carbocycles. The number of nitrogens with zero attached hydrogens (tertiary/aromatic N) is 2. The maximum Gasteiger partial charge on any atom is 0.137 e. The van der Waals surface area contributed by atoms with Gasteiger partial charge in [0.2, 0.25) is 0 Å². The Hall–Kier alpha value is -5.87. The van der Waals surface area contributed by atoms with Crippen molar-refractivity contribution in [1.29, 1.82) is 0 Å². The molecule has 5 heteroatoms. The number of carbonyl (C=O) groups excluding carboxylic acids is 2. The smallest absolute Gasteiger partial charge is 0.137 e. The standard InChI is InChI=1S/2C24H19N.C5H8O2.Ir/c2*1-24(2)20-9-5-4-8-18(20)19-13-11-17(15-21(19)24)23-14-12-16-7-3-6-10-22(16)25-23;1-4(6)3-5(2)7;/h2*3-15H,1-2H3;3H2,1-2H3;. The minimum Gasteiger partial charge on any atom is -0.300 e. The van der Waals surface area contributed by atoms with Gasteiger partial charge in [-0.2, -0.15) is 0 Å². The van der Waals surface area contributed by atoms with Gasteiger partial charge in [0.1, 0.15) is 11.6 Å². The maximum atomic E-state index is 10.0. The molecule has 2 heterocycles. The number of rotatable bonds is 4. The summed E-state index contributed by atoms with van der Waals surface area (Å²) in [6, 6.07) is 56.2. The number of fused-ring (bicyclic) bond motifs is 8. The molecule has 4 nitrogen and oxygen atoms in total. The fourth-order valence-corrected chi connectivity index (χ4v) is 8.53. The van der Waals surface area contributed by atoms with Crippen molar-refractivity contribution in [1.82, 2.24) is 9.97 Å². The summed E-state index contributed by atoms with van der Waals surface area (Å²) in [5.41, 5.74) is 17.6. The van der Waals surface area contributed by atoms with Crippen molar-refractivity contribution in [2.24, 2.45) is 0 Å². The third-order valence-corrected chi connectivity index (χ3v) is 11.5. The molecule has 58 heavy (non-hydrogen) atoms. The fraction of sp³-hybridized carbons (Fsp3) is 0.170. The molecule has 0 amide bonds. The third-order valence-electron chi connectivity index (χ3n) is 11.5. The Morgan fingerprint density at radius 3 is 1.19 bits per heavy atom. The largest absolute Gasteiger partial charge is 0.300 e. The van der Waals surface area contributed by atoms with Crippen molar-refractivity contribution in [2.75, 3.05) is 0 Å². The molecule has 0 aliphatic heterocycles. The Labute approximate surface area is 354 Å². The average Bonchev–Trinajstić information content (AvgIpc) is 3.59. The molecule has 0 N–H and O–H groups in total. The van der Waals surface area contributed by atoms with Gasteiger partial charge in [0.05, 0.1) is 28.8 Å². The van der Waals surface area contributed by atoms with Gasteiger partial charge in [-0.15, -0.1) is 0 Å². The summed E-state index contributed by atoms with van der Waals surface area (Å²) in [6.07, 6.45) is 0.0833. The van der Waals surface area contributed by atoms with Crippen molar-refractivity contribution < 1.29 is 29.7 Å². The maximum absolute atomic E-state index is 10.0. The zero-order valence-electron chi connectivity index (χ0n) is 33.8. The minimum absolute atomic E-state index is 0. The first-order valence-corrected chi connectivity index (χ1v) is 19.6. The van der Waals surface area contributed by atoms with Gasteiger partial charge in [0.15, 0.2) is 0 Å². The number of Topliss-reactive ketones (excluding diaryl/α,β-unsaturated/α-hetero) is 2. The van der Waals surface area contributed by atoms with E-state index in [1.54, 1.807) is 0 Å². The number of ketones is 2. The molecule has 2 aliphatic rings. The van der Waals surface area contributed by atoms with E-state index in [2.05, 4.69) is 173 Å². The van der Waals surface area contributed by atoms with Crippen LogP contribution in [0.1, 0.15) is 70.2 Å². The molecule has 8 aromatic rings. The van der Waals surface area contributed by atoms with Gasteiger partial charge in [0, 0.05) is 52.8 Å². The van der Waals surface area contributed by atoms with Crippen molar-refractivity contribution in [3.05, 3.63) is 180 Å². The molecule has 0 bridgehead atoms. The predicted molar refractivity (Wildman–Crippen MR) is 235 cm³/mol. The summed E-state index contributed by atoms with van der Waals surface area (Å²) in [5, 5.41) is 2.36. The molecule has 1 radical (unpaired) electrons. The van der Waals surface area contributed by atoms with Gasteiger partial charge < -0.3 is 0 Å². The first-order valence-electron chi connectivity index (χ1n) is 19.6. The number of pyridine rings is 2. The summed E-state index contributed by atoms with van der Waals surface area (Å²) in [6.45, 7) is 12.1. The summed E-state index contributed by atoms with van der Waals surface area (Å²) < 4.78 is 0. The van der Waals surface area contributed by atoms with Gasteiger partial charge in [-0.25, -0.2) is 9.97 Å². The zero-order chi connectivity index (χ0) is 39.9. The molecule has 0 fully saturated rings. The molecule has 0 atom stereocenters. The first kappa shape index (κ1) is 40.3. The molecule has 2 aromatic heterocycles. The van der Waals surface area contributed by atoms with Crippen LogP contribution >= 0.6 is 0 Å². The van der Waals surface area contributed by atoms with E-state index in [1.165, 1.54) is 80.3 Å². The Bertz CT molecular complexity index is 2660. The van der Waals surface area contributed by atoms with E-state index in [1.807, 2.05) is 12.1 Å². The molecule has 0 saturated carbocycles. The summed E-state index contributed by atoms with van der Waals surface area (Å²) >= 11 is 0. The van der Waals surface area contributed by atoms with Crippen LogP contribution in [-0.4, -0.2) is 21.5 Å². The van der Waals surface area contributed by atoms with E-state index in [0.29, 0.717) is 0 Å². The van der Waals surface area contributed by atoms with Gasteiger partial charge in [0.25, 0.3) is 0 Å². The Kier molecular flexibility index (Phi) is 11.2. The molecular weight excluding hydrogens is 889 g/mol. The van der Waals surface area contributed by atoms with Crippen LogP contribution in [0.2, 0.25) is 0 Å². The molecule has 0 spiro atoms. The SMILES string of the molecule is CC(=O)CC(C)=O.CC1(C)c2ccccc2-c2ccc(-c3ccc4ccccc4n3)cc21.CC1(C)c2ccccc2-c2ccc(-c3ccc4ccccc4n3)cc21.[Ir]. The second kappa shape index (κ2) is 16.2. The molecule has 289 valence electrons. The summed E-state index contributed by atoms with van der Waals surface area (Å²) in [4.78, 5) is 29.8. The number of benzene rings is 6. The van der Waals surface area contributed by atoms with Crippen molar-refractivity contribution >= 4 is 33.4 Å². The summed E-state index contributed by atoms with van der Waals surface area (Å²) in [5.74, 6) is -0.125. The van der Waals surface area contributed by atoms with Crippen LogP contribution in [0.15, 0.2) is 158 Å². The van der Waals surface area contributed by atoms with E-state index in [-0.39, 0.29) is 48.9 Å². The van der Waals surface area contributed by atoms with Crippen molar-refractivity contribution in [2.45, 2.75) is 58.8 Å². The molecule has 0 unspecified atom stereocenters.